The number of anilines is 4. The zero-order valence-electron chi connectivity index (χ0n) is 32.4. The highest BCUT2D eigenvalue weighted by Gasteiger charge is 2.24. The van der Waals surface area contributed by atoms with Gasteiger partial charge in [0, 0.05) is 83.3 Å². The van der Waals surface area contributed by atoms with Crippen molar-refractivity contribution in [3.8, 4) is 5.75 Å². The van der Waals surface area contributed by atoms with Gasteiger partial charge in [-0.15, -0.1) is 0 Å². The third kappa shape index (κ3) is 9.78. The van der Waals surface area contributed by atoms with Gasteiger partial charge in [0.25, 0.3) is 5.91 Å². The molecule has 0 bridgehead atoms. The fraction of sp³-hybridized carbons (Fsp3) is 0.293. The quantitative estimate of drug-likeness (QED) is 0.0965. The fourth-order valence-corrected chi connectivity index (χ4v) is 6.57. The van der Waals surface area contributed by atoms with Crippen LogP contribution in [0.15, 0.2) is 85.3 Å². The molecule has 1 amide bonds. The number of H-pyrrole nitrogens is 1. The first-order valence-electron chi connectivity index (χ1n) is 18.7. The van der Waals surface area contributed by atoms with E-state index in [1.165, 1.54) is 19.5 Å². The Morgan fingerprint density at radius 2 is 1.76 bits per heavy atom. The Hall–Kier alpha value is -7.19. The summed E-state index contributed by atoms with van der Waals surface area (Å²) < 4.78 is 10.5. The number of hydrogen-bond donors (Lipinski definition) is 3. The normalized spacial score (nSPS) is 13.4. The Balaban J connectivity index is 1.08. The molecule has 0 aliphatic carbocycles. The number of carbonyl (C=O) groups is 2. The lowest BCUT2D eigenvalue weighted by Crippen LogP contribution is -2.48. The second-order valence-corrected chi connectivity index (χ2v) is 13.7. The van der Waals surface area contributed by atoms with Crippen LogP contribution in [0.3, 0.4) is 0 Å². The number of aromatic amines is 1. The Morgan fingerprint density at radius 3 is 2.50 bits per heavy atom. The number of likely N-dealkylation sites (N-methyl/N-ethyl adjacent to an activating group) is 1. The number of esters is 1. The van der Waals surface area contributed by atoms with Crippen LogP contribution in [0.1, 0.15) is 27.4 Å². The molecule has 296 valence electrons. The molecular weight excluding hydrogens is 739 g/mol. The molecule has 6 aromatic rings. The number of nitrogens with zero attached hydrogens (tertiary/aromatic N) is 10. The van der Waals surface area contributed by atoms with Gasteiger partial charge in [-0.3, -0.25) is 14.7 Å². The first kappa shape index (κ1) is 39.1. The topological polar surface area (TPSA) is 184 Å². The van der Waals surface area contributed by atoms with E-state index in [4.69, 9.17) is 31.0 Å². The summed E-state index contributed by atoms with van der Waals surface area (Å²) in [6.45, 7) is 11.1. The molecule has 17 nitrogen and oxygen atoms in total. The molecule has 4 heterocycles. The van der Waals surface area contributed by atoms with Gasteiger partial charge in [-0.1, -0.05) is 36.4 Å². The summed E-state index contributed by atoms with van der Waals surface area (Å²) in [6, 6.07) is 19.9. The van der Waals surface area contributed by atoms with Crippen LogP contribution in [0.25, 0.3) is 15.9 Å². The van der Waals surface area contributed by atoms with Gasteiger partial charge in [-0.05, 0) is 35.4 Å². The molecule has 0 saturated carbocycles. The molecule has 3 aromatic carbocycles. The van der Waals surface area contributed by atoms with Gasteiger partial charge in [-0.25, -0.2) is 19.6 Å². The number of rotatable bonds is 15. The minimum atomic E-state index is -0.829. The van der Waals surface area contributed by atoms with E-state index >= 15 is 0 Å². The number of ether oxygens (including phenoxy) is 2. The first-order chi connectivity index (χ1) is 28.3. The van der Waals surface area contributed by atoms with Crippen LogP contribution in [-0.4, -0.2) is 117 Å². The lowest BCUT2D eigenvalue weighted by atomic mass is 10.1. The lowest BCUT2D eigenvalue weighted by Gasteiger charge is -2.34. The molecule has 1 saturated heterocycles. The highest BCUT2D eigenvalue weighted by molar-refractivity contribution is 5.92. The number of carbonyl (C=O) groups excluding carboxylic acids is 2. The van der Waals surface area contributed by atoms with Crippen LogP contribution in [-0.2, 0) is 28.9 Å². The van der Waals surface area contributed by atoms with Gasteiger partial charge in [0.1, 0.15) is 23.3 Å². The SMILES string of the molecule is [C-]#[N+]c1ccc(C[C@H](Nc2nc(Nc3cccc(CN4CCN(C(=O)c5cnccn5)CC4)c3)nc(N(C)CCc3nc4ccc(OC)cc4[nH]3)n2)C(=O)OC)cc1. The van der Waals surface area contributed by atoms with Gasteiger partial charge in [0.2, 0.25) is 17.8 Å². The van der Waals surface area contributed by atoms with Crippen molar-refractivity contribution in [2.45, 2.75) is 25.4 Å². The number of amides is 1. The van der Waals surface area contributed by atoms with Gasteiger partial charge in [0.05, 0.1) is 38.0 Å². The molecule has 1 aliphatic rings. The molecule has 0 spiro atoms. The van der Waals surface area contributed by atoms with Crippen molar-refractivity contribution in [1.29, 1.82) is 0 Å². The van der Waals surface area contributed by atoms with E-state index in [1.54, 1.807) is 25.4 Å². The molecule has 1 fully saturated rings. The van der Waals surface area contributed by atoms with Gasteiger partial charge >= 0.3 is 5.97 Å². The predicted molar refractivity (Wildman–Crippen MR) is 218 cm³/mol. The molecule has 17 heteroatoms. The smallest absolute Gasteiger partial charge is 0.328 e. The molecule has 3 aromatic heterocycles. The molecule has 1 atom stereocenters. The second-order valence-electron chi connectivity index (χ2n) is 13.7. The second kappa shape index (κ2) is 18.2. The van der Waals surface area contributed by atoms with Crippen molar-refractivity contribution in [2.24, 2.45) is 0 Å². The molecular formula is C41H43N13O4. The molecule has 1 aliphatic heterocycles. The third-order valence-corrected chi connectivity index (χ3v) is 9.71. The average Bonchev–Trinajstić information content (AvgIpc) is 3.68. The Bertz CT molecular complexity index is 2390. The van der Waals surface area contributed by atoms with E-state index in [0.717, 1.165) is 52.5 Å². The van der Waals surface area contributed by atoms with E-state index in [0.29, 0.717) is 49.9 Å². The van der Waals surface area contributed by atoms with Crippen molar-refractivity contribution < 1.29 is 19.1 Å². The summed E-state index contributed by atoms with van der Waals surface area (Å²) >= 11 is 0. The number of hydrogen-bond acceptors (Lipinski definition) is 14. The third-order valence-electron chi connectivity index (χ3n) is 9.71. The number of fused-ring (bicyclic) bond motifs is 1. The highest BCUT2D eigenvalue weighted by atomic mass is 16.5. The largest absolute Gasteiger partial charge is 0.497 e. The first-order valence-corrected chi connectivity index (χ1v) is 18.7. The van der Waals surface area contributed by atoms with Crippen LogP contribution < -0.4 is 20.3 Å². The summed E-state index contributed by atoms with van der Waals surface area (Å²) in [7, 11) is 4.84. The van der Waals surface area contributed by atoms with Gasteiger partial charge < -0.3 is 34.9 Å². The van der Waals surface area contributed by atoms with E-state index in [-0.39, 0.29) is 24.2 Å². The van der Waals surface area contributed by atoms with Gasteiger partial charge in [0.15, 0.2) is 5.69 Å². The summed E-state index contributed by atoms with van der Waals surface area (Å²) in [6.07, 6.45) is 5.42. The summed E-state index contributed by atoms with van der Waals surface area (Å²) in [5, 5.41) is 6.53. The number of imidazole rings is 1. The zero-order chi connectivity index (χ0) is 40.4. The zero-order valence-corrected chi connectivity index (χ0v) is 32.4. The summed E-state index contributed by atoms with van der Waals surface area (Å²) in [4.78, 5) is 65.9. The van der Waals surface area contributed by atoms with E-state index < -0.39 is 12.0 Å². The Morgan fingerprint density at radius 1 is 0.948 bits per heavy atom. The highest BCUT2D eigenvalue weighted by Crippen LogP contribution is 2.23. The average molecular weight is 782 g/mol. The van der Waals surface area contributed by atoms with Crippen LogP contribution in [0.2, 0.25) is 0 Å². The number of aromatic nitrogens is 7. The number of piperazine rings is 1. The Labute approximate surface area is 335 Å². The van der Waals surface area contributed by atoms with Crippen LogP contribution in [0, 0.1) is 6.57 Å². The van der Waals surface area contributed by atoms with Crippen molar-refractivity contribution in [1.82, 2.24) is 44.7 Å². The van der Waals surface area contributed by atoms with E-state index in [1.807, 2.05) is 65.4 Å². The van der Waals surface area contributed by atoms with Crippen molar-refractivity contribution >= 4 is 52.1 Å². The Kier molecular flexibility index (Phi) is 12.2. The molecule has 0 unspecified atom stereocenters. The maximum Gasteiger partial charge on any atom is 0.328 e. The van der Waals surface area contributed by atoms with E-state index in [9.17, 15) is 9.59 Å². The molecule has 0 radical (unpaired) electrons. The lowest BCUT2D eigenvalue weighted by molar-refractivity contribution is -0.141. The standard InChI is InChI=1S/C41H43N13O4/c1-42-29-10-8-27(9-11-29)23-34(38(56)58-4)48-40-49-39(50-41(51-40)52(2)17-14-36-46-32-13-12-31(57-3)24-33(32)47-36)45-30-7-5-6-28(22-30)26-53-18-20-54(21-19-53)37(55)35-25-43-15-16-44-35/h5-13,15-16,22,24-25,34H,14,17-21,23,26H2,2-4H3,(H,46,47)(H2,45,48,49,50,51)/t34-/m0/s1. The number of benzene rings is 3. The van der Waals surface area contributed by atoms with Gasteiger partial charge in [-0.2, -0.15) is 15.0 Å². The summed E-state index contributed by atoms with van der Waals surface area (Å²) in [5.41, 5.74) is 5.24. The summed E-state index contributed by atoms with van der Waals surface area (Å²) in [5.74, 6) is 1.75. The van der Waals surface area contributed by atoms with Crippen LogP contribution >= 0.6 is 0 Å². The molecule has 58 heavy (non-hydrogen) atoms. The number of nitrogens with one attached hydrogen (secondary N) is 3. The predicted octanol–water partition coefficient (Wildman–Crippen LogP) is 4.67. The number of methoxy groups -OCH3 is 2. The maximum atomic E-state index is 13.1. The maximum absolute atomic E-state index is 13.1. The van der Waals surface area contributed by atoms with Crippen molar-refractivity contribution in [2.75, 3.05) is 69.5 Å². The molecule has 3 N–H and O–H groups in total. The van der Waals surface area contributed by atoms with E-state index in [2.05, 4.69) is 46.4 Å². The van der Waals surface area contributed by atoms with Crippen LogP contribution in [0.5, 0.6) is 5.75 Å². The van der Waals surface area contributed by atoms with Crippen LogP contribution in [0.4, 0.5) is 29.2 Å². The fourth-order valence-electron chi connectivity index (χ4n) is 6.57. The van der Waals surface area contributed by atoms with Crippen molar-refractivity contribution in [3.63, 3.8) is 0 Å². The minimum Gasteiger partial charge on any atom is -0.497 e. The minimum absolute atomic E-state index is 0.112. The van der Waals surface area contributed by atoms with Crippen molar-refractivity contribution in [3.05, 3.63) is 119 Å². The monoisotopic (exact) mass is 781 g/mol. The molecule has 7 rings (SSSR count).